The second-order valence-corrected chi connectivity index (χ2v) is 7.46. The molecule has 0 spiro atoms. The Morgan fingerprint density at radius 3 is 2.67 bits per heavy atom. The number of carbonyl (C=O) groups excluding carboxylic acids is 1. The van der Waals surface area contributed by atoms with Gasteiger partial charge in [0.25, 0.3) is 5.91 Å². The Morgan fingerprint density at radius 2 is 1.92 bits per heavy atom. The van der Waals surface area contributed by atoms with Crippen molar-refractivity contribution in [1.82, 2.24) is 14.7 Å². The van der Waals surface area contributed by atoms with Crippen LogP contribution < -0.4 is 5.32 Å². The minimum atomic E-state index is -3.45. The lowest BCUT2D eigenvalue weighted by Gasteiger charge is -2.08. The third-order valence-corrected chi connectivity index (χ3v) is 4.77. The molecule has 7 heteroatoms. The van der Waals surface area contributed by atoms with E-state index in [0.29, 0.717) is 13.0 Å². The van der Waals surface area contributed by atoms with Crippen LogP contribution in [0.4, 0.5) is 0 Å². The number of nitrogens with zero attached hydrogens (tertiary/aromatic N) is 2. The van der Waals surface area contributed by atoms with Crippen LogP contribution in [0.5, 0.6) is 0 Å². The summed E-state index contributed by atoms with van der Waals surface area (Å²) < 4.78 is 25.4. The lowest BCUT2D eigenvalue weighted by molar-refractivity contribution is 0.0951. The summed E-state index contributed by atoms with van der Waals surface area (Å²) in [5.41, 5.74) is 1.87. The van der Waals surface area contributed by atoms with Crippen LogP contribution in [0.1, 0.15) is 16.1 Å². The lowest BCUT2D eigenvalue weighted by Crippen LogP contribution is -2.27. The molecule has 2 aromatic heterocycles. The molecule has 0 saturated heterocycles. The van der Waals surface area contributed by atoms with Crippen LogP contribution >= 0.6 is 0 Å². The third kappa shape index (κ3) is 3.46. The number of aromatic nitrogens is 2. The summed E-state index contributed by atoms with van der Waals surface area (Å²) in [6.45, 7) is 0.376. The number of hydrogen-bond donors (Lipinski definition) is 1. The number of carbonyl (C=O) groups is 1. The molecule has 0 saturated carbocycles. The molecular weight excluding hydrogens is 326 g/mol. The molecule has 0 aliphatic rings. The maximum Gasteiger partial charge on any atom is 0.252 e. The van der Waals surface area contributed by atoms with Gasteiger partial charge in [-0.25, -0.2) is 13.4 Å². The van der Waals surface area contributed by atoms with E-state index in [1.165, 1.54) is 12.1 Å². The average molecular weight is 343 g/mol. The van der Waals surface area contributed by atoms with Gasteiger partial charge in [-0.05, 0) is 24.3 Å². The molecule has 1 aromatic carbocycles. The Labute approximate surface area is 140 Å². The zero-order chi connectivity index (χ0) is 17.2. The van der Waals surface area contributed by atoms with Crippen molar-refractivity contribution in [2.75, 3.05) is 12.8 Å². The number of fused-ring (bicyclic) bond motifs is 1. The number of nitrogens with one attached hydrogen (secondary N) is 1. The smallest absolute Gasteiger partial charge is 0.252 e. The van der Waals surface area contributed by atoms with Gasteiger partial charge in [0, 0.05) is 31.6 Å². The van der Waals surface area contributed by atoms with E-state index in [2.05, 4.69) is 10.3 Å². The summed E-state index contributed by atoms with van der Waals surface area (Å²) in [6, 6.07) is 11.9. The van der Waals surface area contributed by atoms with Gasteiger partial charge >= 0.3 is 0 Å². The van der Waals surface area contributed by atoms with Gasteiger partial charge in [-0.3, -0.25) is 4.79 Å². The quantitative estimate of drug-likeness (QED) is 0.765. The predicted molar refractivity (Wildman–Crippen MR) is 90.8 cm³/mol. The minimum Gasteiger partial charge on any atom is -0.352 e. The summed E-state index contributed by atoms with van der Waals surface area (Å²) in [7, 11) is -3.45. The topological polar surface area (TPSA) is 80.5 Å². The van der Waals surface area contributed by atoms with Crippen molar-refractivity contribution in [2.45, 2.75) is 11.3 Å². The van der Waals surface area contributed by atoms with Crippen LogP contribution in [0, 0.1) is 0 Å². The van der Waals surface area contributed by atoms with Crippen LogP contribution in [-0.4, -0.2) is 36.5 Å². The van der Waals surface area contributed by atoms with E-state index in [-0.39, 0.29) is 10.5 Å². The number of hydrogen-bond acceptors (Lipinski definition) is 4. The summed E-state index contributed by atoms with van der Waals surface area (Å²) in [6.07, 6.45) is 5.48. The SMILES string of the molecule is CS(=O)(=O)c1ccccc1C(=O)NCCc1cn2ccccc2n1. The van der Waals surface area contributed by atoms with E-state index in [9.17, 15) is 13.2 Å². The summed E-state index contributed by atoms with van der Waals surface area (Å²) in [5, 5.41) is 2.75. The number of sulfone groups is 1. The summed E-state index contributed by atoms with van der Waals surface area (Å²) in [4.78, 5) is 16.8. The third-order valence-electron chi connectivity index (χ3n) is 3.61. The molecule has 0 bridgehead atoms. The van der Waals surface area contributed by atoms with Crippen LogP contribution in [0.3, 0.4) is 0 Å². The first-order valence-electron chi connectivity index (χ1n) is 7.45. The molecule has 24 heavy (non-hydrogen) atoms. The van der Waals surface area contributed by atoms with Gasteiger partial charge in [0.05, 0.1) is 16.2 Å². The van der Waals surface area contributed by atoms with Crippen molar-refractivity contribution < 1.29 is 13.2 Å². The van der Waals surface area contributed by atoms with Gasteiger partial charge in [0.1, 0.15) is 5.65 Å². The fourth-order valence-electron chi connectivity index (χ4n) is 2.48. The highest BCUT2D eigenvalue weighted by Gasteiger charge is 2.17. The van der Waals surface area contributed by atoms with Gasteiger partial charge < -0.3 is 9.72 Å². The van der Waals surface area contributed by atoms with E-state index in [1.54, 1.807) is 12.1 Å². The molecule has 3 aromatic rings. The summed E-state index contributed by atoms with van der Waals surface area (Å²) in [5.74, 6) is -0.403. The van der Waals surface area contributed by atoms with Gasteiger partial charge in [0.15, 0.2) is 9.84 Å². The Morgan fingerprint density at radius 1 is 1.17 bits per heavy atom. The van der Waals surface area contributed by atoms with E-state index in [1.807, 2.05) is 35.0 Å². The van der Waals surface area contributed by atoms with E-state index >= 15 is 0 Å². The highest BCUT2D eigenvalue weighted by Crippen LogP contribution is 2.15. The molecular formula is C17H17N3O3S. The van der Waals surface area contributed by atoms with Crippen LogP contribution in [0.25, 0.3) is 5.65 Å². The fourth-order valence-corrected chi connectivity index (χ4v) is 3.37. The molecule has 124 valence electrons. The molecule has 2 heterocycles. The number of imidazole rings is 1. The highest BCUT2D eigenvalue weighted by molar-refractivity contribution is 7.90. The number of amides is 1. The van der Waals surface area contributed by atoms with Crippen LogP contribution in [-0.2, 0) is 16.3 Å². The van der Waals surface area contributed by atoms with Crippen molar-refractivity contribution in [3.05, 3.63) is 66.1 Å². The molecule has 1 amide bonds. The predicted octanol–water partition coefficient (Wildman–Crippen LogP) is 1.71. The molecule has 6 nitrogen and oxygen atoms in total. The molecule has 0 radical (unpaired) electrons. The number of rotatable bonds is 5. The van der Waals surface area contributed by atoms with Crippen molar-refractivity contribution in [2.24, 2.45) is 0 Å². The molecule has 0 unspecified atom stereocenters. The molecule has 1 N–H and O–H groups in total. The minimum absolute atomic E-state index is 0.0373. The zero-order valence-electron chi connectivity index (χ0n) is 13.1. The second-order valence-electron chi connectivity index (χ2n) is 5.47. The maximum absolute atomic E-state index is 12.3. The summed E-state index contributed by atoms with van der Waals surface area (Å²) >= 11 is 0. The first-order valence-corrected chi connectivity index (χ1v) is 9.34. The largest absolute Gasteiger partial charge is 0.352 e. The second kappa shape index (κ2) is 6.45. The first-order chi connectivity index (χ1) is 11.4. The monoisotopic (exact) mass is 343 g/mol. The van der Waals surface area contributed by atoms with Gasteiger partial charge in [-0.2, -0.15) is 0 Å². The molecule has 0 atom stereocenters. The molecule has 0 fully saturated rings. The van der Waals surface area contributed by atoms with Gasteiger partial charge in [-0.1, -0.05) is 18.2 Å². The highest BCUT2D eigenvalue weighted by atomic mass is 32.2. The van der Waals surface area contributed by atoms with Crippen LogP contribution in [0.15, 0.2) is 59.8 Å². The molecule has 0 aliphatic heterocycles. The van der Waals surface area contributed by atoms with Crippen molar-refractivity contribution in [3.63, 3.8) is 0 Å². The number of pyridine rings is 1. The average Bonchev–Trinajstić information content (AvgIpc) is 2.96. The van der Waals surface area contributed by atoms with E-state index in [0.717, 1.165) is 17.6 Å². The van der Waals surface area contributed by atoms with Crippen molar-refractivity contribution in [3.8, 4) is 0 Å². The van der Waals surface area contributed by atoms with Crippen molar-refractivity contribution in [1.29, 1.82) is 0 Å². The number of benzene rings is 1. The Kier molecular flexibility index (Phi) is 4.35. The Bertz CT molecular complexity index is 960. The van der Waals surface area contributed by atoms with Crippen LogP contribution in [0.2, 0.25) is 0 Å². The van der Waals surface area contributed by atoms with Gasteiger partial charge in [-0.15, -0.1) is 0 Å². The van der Waals surface area contributed by atoms with E-state index in [4.69, 9.17) is 0 Å². The Hall–Kier alpha value is -2.67. The fraction of sp³-hybridized carbons (Fsp3) is 0.176. The Balaban J connectivity index is 1.68. The van der Waals surface area contributed by atoms with E-state index < -0.39 is 15.7 Å². The standard InChI is InChI=1S/C17H17N3O3S/c1-24(22,23)15-7-3-2-6-14(15)17(21)18-10-9-13-12-20-11-5-4-8-16(20)19-13/h2-8,11-12H,9-10H2,1H3,(H,18,21). The maximum atomic E-state index is 12.3. The van der Waals surface area contributed by atoms with Crippen molar-refractivity contribution >= 4 is 21.4 Å². The van der Waals surface area contributed by atoms with Gasteiger partial charge in [0.2, 0.25) is 0 Å². The zero-order valence-corrected chi connectivity index (χ0v) is 14.0. The normalized spacial score (nSPS) is 11.5. The molecule has 3 rings (SSSR count). The first kappa shape index (κ1) is 16.2. The molecule has 0 aliphatic carbocycles. The lowest BCUT2D eigenvalue weighted by atomic mass is 10.2.